The molecule has 0 aromatic carbocycles. The lowest BCUT2D eigenvalue weighted by molar-refractivity contribution is -0.136. The fraction of sp³-hybridized carbons (Fsp3) is 0.615. The lowest BCUT2D eigenvalue weighted by Crippen LogP contribution is -2.42. The van der Waals surface area contributed by atoms with Crippen LogP contribution >= 0.6 is 28.3 Å². The Balaban J connectivity index is 0.00000180. The van der Waals surface area contributed by atoms with Crippen LogP contribution < -0.4 is 5.32 Å². The standard InChI is InChI=1S/C13H19BrN2O2.ClH/c1-9-7-10(5-6-15-9)13(17)16(2)8-11-3-4-12(14)18-11;/h3-4,9-10,15H,5-8H2,1-2H3;1H/t9-,10-;/m0./s1. The number of carbonyl (C=O) groups excluding carboxylic acids is 1. The van der Waals surface area contributed by atoms with E-state index in [9.17, 15) is 4.79 Å². The molecule has 1 aromatic rings. The minimum Gasteiger partial charge on any atom is -0.452 e. The van der Waals surface area contributed by atoms with Crippen molar-refractivity contribution in [2.75, 3.05) is 13.6 Å². The Morgan fingerprint density at radius 3 is 2.89 bits per heavy atom. The fourth-order valence-electron chi connectivity index (χ4n) is 2.42. The molecule has 2 heterocycles. The Morgan fingerprint density at radius 2 is 2.32 bits per heavy atom. The Morgan fingerprint density at radius 1 is 1.58 bits per heavy atom. The van der Waals surface area contributed by atoms with Gasteiger partial charge in [-0.1, -0.05) is 0 Å². The van der Waals surface area contributed by atoms with Crippen molar-refractivity contribution in [2.24, 2.45) is 5.92 Å². The number of halogens is 2. The molecule has 1 aliphatic rings. The molecule has 0 aliphatic carbocycles. The van der Waals surface area contributed by atoms with Crippen LogP contribution in [-0.4, -0.2) is 30.4 Å². The van der Waals surface area contributed by atoms with Crippen molar-refractivity contribution in [2.45, 2.75) is 32.4 Å². The van der Waals surface area contributed by atoms with Crippen molar-refractivity contribution in [3.05, 3.63) is 22.6 Å². The maximum Gasteiger partial charge on any atom is 0.225 e. The van der Waals surface area contributed by atoms with Gasteiger partial charge in [0, 0.05) is 19.0 Å². The van der Waals surface area contributed by atoms with Gasteiger partial charge in [-0.15, -0.1) is 12.4 Å². The zero-order valence-corrected chi connectivity index (χ0v) is 13.6. The Kier molecular flexibility index (Phi) is 6.36. The monoisotopic (exact) mass is 350 g/mol. The number of nitrogens with zero attached hydrogens (tertiary/aromatic N) is 1. The van der Waals surface area contributed by atoms with E-state index < -0.39 is 0 Å². The molecule has 2 rings (SSSR count). The average Bonchev–Trinajstić information content (AvgIpc) is 2.73. The van der Waals surface area contributed by atoms with Crippen molar-refractivity contribution in [1.29, 1.82) is 0 Å². The third-order valence-corrected chi connectivity index (χ3v) is 3.80. The molecule has 1 aliphatic heterocycles. The molecule has 0 spiro atoms. The molecule has 2 atom stereocenters. The van der Waals surface area contributed by atoms with E-state index in [-0.39, 0.29) is 24.2 Å². The summed E-state index contributed by atoms with van der Waals surface area (Å²) in [4.78, 5) is 14.1. The smallest absolute Gasteiger partial charge is 0.225 e. The second kappa shape index (κ2) is 7.31. The van der Waals surface area contributed by atoms with Gasteiger partial charge in [-0.05, 0) is 54.4 Å². The predicted octanol–water partition coefficient (Wildman–Crippen LogP) is 2.81. The van der Waals surface area contributed by atoms with Crippen molar-refractivity contribution in [3.8, 4) is 0 Å². The van der Waals surface area contributed by atoms with Crippen molar-refractivity contribution in [1.82, 2.24) is 10.2 Å². The first-order valence-electron chi connectivity index (χ1n) is 6.29. The highest BCUT2D eigenvalue weighted by Crippen LogP contribution is 2.20. The predicted molar refractivity (Wildman–Crippen MR) is 80.3 cm³/mol. The molecule has 19 heavy (non-hydrogen) atoms. The van der Waals surface area contributed by atoms with Gasteiger partial charge >= 0.3 is 0 Å². The van der Waals surface area contributed by atoms with Crippen LogP contribution in [0.4, 0.5) is 0 Å². The van der Waals surface area contributed by atoms with E-state index in [1.807, 2.05) is 19.2 Å². The molecule has 1 aromatic heterocycles. The highest BCUT2D eigenvalue weighted by Gasteiger charge is 2.27. The van der Waals surface area contributed by atoms with Crippen LogP contribution in [0.15, 0.2) is 21.2 Å². The summed E-state index contributed by atoms with van der Waals surface area (Å²) in [7, 11) is 1.84. The number of hydrogen-bond donors (Lipinski definition) is 1. The molecule has 108 valence electrons. The zero-order valence-electron chi connectivity index (χ0n) is 11.2. The highest BCUT2D eigenvalue weighted by atomic mass is 79.9. The number of piperidine rings is 1. The summed E-state index contributed by atoms with van der Waals surface area (Å²) in [5, 5.41) is 3.36. The number of amides is 1. The lowest BCUT2D eigenvalue weighted by atomic mass is 9.92. The second-order valence-corrected chi connectivity index (χ2v) is 5.76. The van der Waals surface area contributed by atoms with Gasteiger partial charge in [0.15, 0.2) is 4.67 Å². The molecule has 0 radical (unpaired) electrons. The van der Waals surface area contributed by atoms with Crippen molar-refractivity contribution >= 4 is 34.2 Å². The molecule has 6 heteroatoms. The van der Waals surface area contributed by atoms with E-state index in [0.29, 0.717) is 17.3 Å². The first-order valence-corrected chi connectivity index (χ1v) is 7.08. The van der Waals surface area contributed by atoms with Crippen LogP contribution in [0.3, 0.4) is 0 Å². The summed E-state index contributed by atoms with van der Waals surface area (Å²) in [5.41, 5.74) is 0. The quantitative estimate of drug-likeness (QED) is 0.911. The molecule has 1 N–H and O–H groups in total. The van der Waals surface area contributed by atoms with E-state index in [1.165, 1.54) is 0 Å². The molecular formula is C13H20BrClN2O2. The minimum absolute atomic E-state index is 0. The largest absolute Gasteiger partial charge is 0.452 e. The number of nitrogens with one attached hydrogen (secondary N) is 1. The summed E-state index contributed by atoms with van der Waals surface area (Å²) in [6.45, 7) is 3.59. The fourth-order valence-corrected chi connectivity index (χ4v) is 2.76. The van der Waals surface area contributed by atoms with E-state index in [4.69, 9.17) is 4.42 Å². The number of rotatable bonds is 3. The minimum atomic E-state index is 0. The van der Waals surface area contributed by atoms with Crippen LogP contribution in [0.25, 0.3) is 0 Å². The summed E-state index contributed by atoms with van der Waals surface area (Å²) in [6.07, 6.45) is 1.85. The lowest BCUT2D eigenvalue weighted by Gasteiger charge is -2.30. The molecule has 0 saturated carbocycles. The normalized spacial score (nSPS) is 22.7. The van der Waals surface area contributed by atoms with Gasteiger partial charge < -0.3 is 14.6 Å². The van der Waals surface area contributed by atoms with Gasteiger partial charge in [-0.25, -0.2) is 0 Å². The average molecular weight is 352 g/mol. The van der Waals surface area contributed by atoms with Gasteiger partial charge in [0.25, 0.3) is 0 Å². The first kappa shape index (κ1) is 16.5. The zero-order chi connectivity index (χ0) is 13.1. The Bertz CT molecular complexity index is 425. The van der Waals surface area contributed by atoms with Crippen LogP contribution in [0.2, 0.25) is 0 Å². The topological polar surface area (TPSA) is 45.5 Å². The van der Waals surface area contributed by atoms with Gasteiger partial charge in [-0.2, -0.15) is 0 Å². The third-order valence-electron chi connectivity index (χ3n) is 3.37. The van der Waals surface area contributed by atoms with Gasteiger partial charge in [0.2, 0.25) is 5.91 Å². The first-order chi connectivity index (χ1) is 8.56. The summed E-state index contributed by atoms with van der Waals surface area (Å²) >= 11 is 3.27. The van der Waals surface area contributed by atoms with Crippen molar-refractivity contribution < 1.29 is 9.21 Å². The van der Waals surface area contributed by atoms with Crippen LogP contribution in [-0.2, 0) is 11.3 Å². The second-order valence-electron chi connectivity index (χ2n) is 4.98. The molecule has 1 amide bonds. The van der Waals surface area contributed by atoms with E-state index in [2.05, 4.69) is 28.2 Å². The number of hydrogen-bond acceptors (Lipinski definition) is 3. The Labute approximate surface area is 128 Å². The van der Waals surface area contributed by atoms with E-state index in [0.717, 1.165) is 25.1 Å². The molecule has 1 fully saturated rings. The molecule has 0 bridgehead atoms. The van der Waals surface area contributed by atoms with Gasteiger partial charge in [-0.3, -0.25) is 4.79 Å². The Hall–Kier alpha value is -0.520. The third kappa shape index (κ3) is 4.51. The van der Waals surface area contributed by atoms with Gasteiger partial charge in [0.1, 0.15) is 5.76 Å². The summed E-state index contributed by atoms with van der Waals surface area (Å²) in [6, 6.07) is 4.16. The maximum atomic E-state index is 12.3. The van der Waals surface area contributed by atoms with Crippen LogP contribution in [0.5, 0.6) is 0 Å². The number of carbonyl (C=O) groups is 1. The molecule has 0 unspecified atom stereocenters. The van der Waals surface area contributed by atoms with Crippen molar-refractivity contribution in [3.63, 3.8) is 0 Å². The number of furan rings is 1. The maximum absolute atomic E-state index is 12.3. The summed E-state index contributed by atoms with van der Waals surface area (Å²) in [5.74, 6) is 1.17. The molecule has 4 nitrogen and oxygen atoms in total. The highest BCUT2D eigenvalue weighted by molar-refractivity contribution is 9.10. The van der Waals surface area contributed by atoms with E-state index in [1.54, 1.807) is 4.90 Å². The van der Waals surface area contributed by atoms with Crippen LogP contribution in [0.1, 0.15) is 25.5 Å². The van der Waals surface area contributed by atoms with Gasteiger partial charge in [0.05, 0.1) is 6.54 Å². The van der Waals surface area contributed by atoms with E-state index >= 15 is 0 Å². The summed E-state index contributed by atoms with van der Waals surface area (Å²) < 4.78 is 6.13. The SMILES string of the molecule is C[C@H]1C[C@@H](C(=O)N(C)Cc2ccc(Br)o2)CCN1.Cl. The van der Waals surface area contributed by atoms with Crippen LogP contribution in [0, 0.1) is 5.92 Å². The molecular weight excluding hydrogens is 332 g/mol. The molecule has 1 saturated heterocycles.